The number of fused-ring (bicyclic) bond motifs is 6. The number of carbonyl (C=O) groups is 3. The molecule has 11 aromatic rings. The number of benzene rings is 8. The van der Waals surface area contributed by atoms with Crippen molar-refractivity contribution in [1.82, 2.24) is 39.9 Å². The summed E-state index contributed by atoms with van der Waals surface area (Å²) in [6.07, 6.45) is 9.65. The molecule has 0 saturated heterocycles. The van der Waals surface area contributed by atoms with E-state index in [0.717, 1.165) is 93.8 Å². The number of halogens is 3. The summed E-state index contributed by atoms with van der Waals surface area (Å²) in [5.41, 5.74) is 11.1. The Kier molecular flexibility index (Phi) is 26.7. The predicted molar refractivity (Wildman–Crippen MR) is 455 cm³/mol. The van der Waals surface area contributed by atoms with Crippen molar-refractivity contribution in [1.29, 1.82) is 0 Å². The van der Waals surface area contributed by atoms with Crippen LogP contribution >= 0.6 is 0 Å². The third-order valence-electron chi connectivity index (χ3n) is 21.7. The molecular formula is C88H96F3N11O14S3. The van der Waals surface area contributed by atoms with Gasteiger partial charge in [-0.3, -0.25) is 42.3 Å². The monoisotopic (exact) mass is 1680 g/mol. The number of anilines is 3. The lowest BCUT2D eigenvalue weighted by Crippen LogP contribution is -2.35. The van der Waals surface area contributed by atoms with E-state index in [9.17, 15) is 57.9 Å². The van der Waals surface area contributed by atoms with Gasteiger partial charge in [-0.05, 0) is 169 Å². The lowest BCUT2D eigenvalue weighted by atomic mass is 9.98. The number of phenols is 1. The minimum Gasteiger partial charge on any atom is -0.505 e. The van der Waals surface area contributed by atoms with E-state index in [-0.39, 0.29) is 90.4 Å². The highest BCUT2D eigenvalue weighted by Crippen LogP contribution is 2.49. The van der Waals surface area contributed by atoms with Crippen molar-refractivity contribution < 1.29 is 76.9 Å². The molecule has 626 valence electrons. The van der Waals surface area contributed by atoms with Gasteiger partial charge in [0.05, 0.1) is 66.7 Å². The molecule has 3 amide bonds. The number of ether oxygens (including phenoxy) is 4. The van der Waals surface area contributed by atoms with Gasteiger partial charge in [0.1, 0.15) is 58.7 Å². The van der Waals surface area contributed by atoms with Crippen LogP contribution in [-0.4, -0.2) is 189 Å². The Labute approximate surface area is 691 Å². The van der Waals surface area contributed by atoms with Gasteiger partial charge in [-0.15, -0.1) is 0 Å². The lowest BCUT2D eigenvalue weighted by molar-refractivity contribution is 0.0750. The lowest BCUT2D eigenvalue weighted by Gasteiger charge is -2.24. The molecule has 0 aliphatic carbocycles. The highest BCUT2D eigenvalue weighted by molar-refractivity contribution is 7.92. The van der Waals surface area contributed by atoms with E-state index in [2.05, 4.69) is 52.8 Å². The molecule has 3 aliphatic heterocycles. The van der Waals surface area contributed by atoms with Crippen LogP contribution < -0.4 is 37.2 Å². The molecule has 0 fully saturated rings. The number of likely N-dealkylation sites (N-methyl/N-ethyl adjacent to an activating group) is 2. The van der Waals surface area contributed by atoms with Crippen LogP contribution in [0.25, 0.3) is 32.7 Å². The fourth-order valence-corrected chi connectivity index (χ4v) is 16.5. The molecule has 25 nitrogen and oxygen atoms in total. The zero-order valence-corrected chi connectivity index (χ0v) is 70.9. The Morgan fingerprint density at radius 3 is 1.11 bits per heavy atom. The molecule has 0 spiro atoms. The summed E-state index contributed by atoms with van der Waals surface area (Å²) in [4.78, 5) is 62.1. The predicted octanol–water partition coefficient (Wildman–Crippen LogP) is 12.8. The van der Waals surface area contributed by atoms with Gasteiger partial charge in [-0.25, -0.2) is 38.4 Å². The maximum absolute atomic E-state index is 14.1. The van der Waals surface area contributed by atoms with Crippen LogP contribution in [0.1, 0.15) is 120 Å². The molecule has 0 unspecified atom stereocenters. The Hall–Kier alpha value is -11.6. The first-order chi connectivity index (χ1) is 56.7. The number of amides is 3. The summed E-state index contributed by atoms with van der Waals surface area (Å²) < 4.78 is 144. The van der Waals surface area contributed by atoms with Crippen molar-refractivity contribution in [3.05, 3.63) is 253 Å². The standard InChI is InChI=1S/C34H39FN4O5S.C28H26FN3O5S.C26H31FN4O4S/c1-6-38(7-2)16-17-39-21-29-30(34(39)40)33(44-22-24-10-14-27(43-4)15-11-24)31-28(32(29)37(3)45(5,41)42)19-25(20-36-31)18-23-8-12-26(35)13-9-23;1-32(38(3,34)35)26-22-13-19(12-17-4-8-20(29)9-5-17)14-30-25(22)27(24-23(26)15-31-28(24)33)37-16-18-6-10-21(36-2)11-7-18;1-5-30(6-2)11-12-31-16-21-22(26(31)33)25(32)23-20(24(21)29(3)36(4,34)35)14-18(15-28-23)13-17-7-9-19(27)10-8-17/h8-15,19-20H,6-7,16-18,21-22H2,1-5H3;4-11,13-14H,12,15-16H2,1-3H3,(H,31,33);7-10,14-15,32H,5-6,11-13,16H2,1-4H3. The highest BCUT2D eigenvalue weighted by Gasteiger charge is 2.41. The van der Waals surface area contributed by atoms with E-state index in [1.165, 1.54) is 66.2 Å². The van der Waals surface area contributed by atoms with Crippen LogP contribution in [0.4, 0.5) is 30.2 Å². The molecule has 2 N–H and O–H groups in total. The van der Waals surface area contributed by atoms with Gasteiger partial charge in [-0.1, -0.05) is 88.4 Å². The van der Waals surface area contributed by atoms with Gasteiger partial charge >= 0.3 is 0 Å². The second-order valence-corrected chi connectivity index (χ2v) is 35.4. The number of nitrogens with zero attached hydrogens (tertiary/aromatic N) is 10. The van der Waals surface area contributed by atoms with E-state index < -0.39 is 30.1 Å². The van der Waals surface area contributed by atoms with E-state index in [0.29, 0.717) is 135 Å². The number of hydrogen-bond donors (Lipinski definition) is 2. The number of aromatic hydroxyl groups is 1. The van der Waals surface area contributed by atoms with Crippen LogP contribution in [-0.2, 0) is 82.2 Å². The van der Waals surface area contributed by atoms with Gasteiger partial charge in [-0.2, -0.15) is 0 Å². The molecule has 6 heterocycles. The Morgan fingerprint density at radius 2 is 0.756 bits per heavy atom. The maximum atomic E-state index is 14.1. The molecule has 119 heavy (non-hydrogen) atoms. The van der Waals surface area contributed by atoms with Gasteiger partial charge < -0.3 is 49.0 Å². The van der Waals surface area contributed by atoms with E-state index >= 15 is 0 Å². The summed E-state index contributed by atoms with van der Waals surface area (Å²) in [5, 5.41) is 15.5. The van der Waals surface area contributed by atoms with Gasteiger partial charge in [0.25, 0.3) is 17.7 Å². The Morgan fingerprint density at radius 1 is 0.437 bits per heavy atom. The first kappa shape index (κ1) is 86.7. The fourth-order valence-electron chi connectivity index (χ4n) is 14.9. The van der Waals surface area contributed by atoms with Crippen LogP contribution in [0.5, 0.6) is 28.7 Å². The second kappa shape index (κ2) is 36.7. The molecule has 14 rings (SSSR count). The largest absolute Gasteiger partial charge is 0.505 e. The smallest absolute Gasteiger partial charge is 0.258 e. The molecule has 0 radical (unpaired) electrons. The Balaban J connectivity index is 0.000000165. The van der Waals surface area contributed by atoms with Gasteiger partial charge in [0.2, 0.25) is 30.1 Å². The number of carbonyl (C=O) groups excluding carboxylic acids is 3. The fraction of sp³-hybridized carbons (Fsp3) is 0.318. The van der Waals surface area contributed by atoms with E-state index in [4.69, 9.17) is 23.9 Å². The van der Waals surface area contributed by atoms with Gasteiger partial charge in [0.15, 0.2) is 17.2 Å². The number of pyridine rings is 3. The van der Waals surface area contributed by atoms with Crippen molar-refractivity contribution in [3.8, 4) is 28.7 Å². The summed E-state index contributed by atoms with van der Waals surface area (Å²) in [7, 11) is -3.48. The van der Waals surface area contributed by atoms with Crippen molar-refractivity contribution in [2.75, 3.05) is 119 Å². The first-order valence-electron chi connectivity index (χ1n) is 38.7. The third-order valence-corrected chi connectivity index (χ3v) is 25.2. The highest BCUT2D eigenvalue weighted by atomic mass is 32.2. The van der Waals surface area contributed by atoms with Crippen LogP contribution in [0, 0.1) is 17.5 Å². The minimum atomic E-state index is -3.72. The average Bonchev–Trinajstić information content (AvgIpc) is 1.67. The van der Waals surface area contributed by atoms with Gasteiger partial charge in [0, 0.05) is 118 Å². The van der Waals surface area contributed by atoms with Crippen molar-refractivity contribution in [2.24, 2.45) is 0 Å². The zero-order valence-electron chi connectivity index (χ0n) is 68.4. The van der Waals surface area contributed by atoms with E-state index in [1.54, 1.807) is 85.1 Å². The number of methoxy groups -OCH3 is 2. The maximum Gasteiger partial charge on any atom is 0.258 e. The summed E-state index contributed by atoms with van der Waals surface area (Å²) >= 11 is 0. The number of sulfonamides is 3. The quantitative estimate of drug-likeness (QED) is 0.0423. The molecule has 0 bridgehead atoms. The summed E-state index contributed by atoms with van der Waals surface area (Å²) in [6, 6.07) is 38.9. The molecular weight excluding hydrogens is 1590 g/mol. The molecule has 3 aliphatic rings. The summed E-state index contributed by atoms with van der Waals surface area (Å²) in [5.74, 6) is -0.0864. The molecule has 8 aromatic carbocycles. The number of phenolic OH excluding ortho intramolecular Hbond substituents is 1. The van der Waals surface area contributed by atoms with Crippen LogP contribution in [0.2, 0.25) is 0 Å². The number of aromatic nitrogens is 3. The number of hydrogen-bond acceptors (Lipinski definition) is 19. The number of rotatable bonds is 30. The van der Waals surface area contributed by atoms with Crippen LogP contribution in [0.15, 0.2) is 158 Å². The molecule has 0 atom stereocenters. The zero-order chi connectivity index (χ0) is 85.5. The molecule has 31 heteroatoms. The van der Waals surface area contributed by atoms with Crippen molar-refractivity contribution in [3.63, 3.8) is 0 Å². The topological polar surface area (TPSA) is 284 Å². The normalized spacial score (nSPS) is 13.1. The minimum absolute atomic E-state index is 0.103. The van der Waals surface area contributed by atoms with Crippen molar-refractivity contribution >= 4 is 97.6 Å². The Bertz CT molecular complexity index is 5990. The molecule has 0 saturated carbocycles. The summed E-state index contributed by atoms with van der Waals surface area (Å²) in [6.45, 7) is 14.9. The number of nitrogens with one attached hydrogen (secondary N) is 1. The third kappa shape index (κ3) is 19.4. The van der Waals surface area contributed by atoms with Crippen molar-refractivity contribution in [2.45, 2.75) is 79.8 Å². The first-order valence-corrected chi connectivity index (χ1v) is 44.3. The molecule has 3 aromatic heterocycles. The van der Waals surface area contributed by atoms with Crippen LogP contribution in [0.3, 0.4) is 0 Å². The SMILES string of the molecule is CCN(CC)CCN1Cc2c(c(O)c3ncc(Cc4ccc(F)cc4)cc3c2N(C)S(C)(=O)=O)C1=O.CCN(CC)CCN1Cc2c(c(OCc3ccc(OC)cc3)c3ncc(Cc4ccc(F)cc4)cc3c2N(C)S(C)(=O)=O)C1=O.COc1ccc(COc2c3c(c(N(C)S(C)(=O)=O)c4cc(Cc5ccc(F)cc5)cnc24)CNC3=O)cc1. The second-order valence-electron chi connectivity index (χ2n) is 29.4. The van der Waals surface area contributed by atoms with E-state index in [1.807, 2.05) is 60.7 Å². The average molecular weight is 1680 g/mol.